The van der Waals surface area contributed by atoms with Crippen molar-refractivity contribution in [3.05, 3.63) is 29.3 Å². The molecule has 0 amide bonds. The third kappa shape index (κ3) is 2.38. The van der Waals surface area contributed by atoms with Crippen LogP contribution in [0.15, 0.2) is 18.2 Å². The second-order valence-electron chi connectivity index (χ2n) is 5.13. The van der Waals surface area contributed by atoms with Crippen LogP contribution in [0.5, 0.6) is 5.75 Å². The summed E-state index contributed by atoms with van der Waals surface area (Å²) in [7, 11) is 0. The number of benzene rings is 1. The number of hydrogen-bond donors (Lipinski definition) is 1. The number of hydrogen-bond acceptors (Lipinski definition) is 2. The van der Waals surface area contributed by atoms with Crippen LogP contribution < -0.4 is 10.5 Å². The molecule has 1 aliphatic heterocycles. The van der Waals surface area contributed by atoms with E-state index in [0.29, 0.717) is 12.0 Å². The molecule has 0 aromatic heterocycles. The summed E-state index contributed by atoms with van der Waals surface area (Å²) in [5.74, 6) is 1.58. The summed E-state index contributed by atoms with van der Waals surface area (Å²) in [4.78, 5) is 0. The minimum Gasteiger partial charge on any atom is -0.490 e. The van der Waals surface area contributed by atoms with Gasteiger partial charge in [-0.15, -0.1) is 0 Å². The quantitative estimate of drug-likeness (QED) is 0.848. The van der Waals surface area contributed by atoms with Gasteiger partial charge in [0, 0.05) is 12.5 Å². The van der Waals surface area contributed by atoms with Gasteiger partial charge in [0.15, 0.2) is 0 Å². The molecule has 2 rings (SSSR count). The monoisotopic (exact) mass is 219 g/mol. The lowest BCUT2D eigenvalue weighted by Crippen LogP contribution is -2.29. The third-order valence-corrected chi connectivity index (χ3v) is 3.49. The first kappa shape index (κ1) is 11.5. The lowest BCUT2D eigenvalue weighted by molar-refractivity contribution is 0.191. The normalized spacial score (nSPS) is 22.4. The molecule has 1 aromatic carbocycles. The molecule has 2 heteroatoms. The van der Waals surface area contributed by atoms with Gasteiger partial charge in [-0.3, -0.25) is 0 Å². The van der Waals surface area contributed by atoms with Crippen molar-refractivity contribution in [1.29, 1.82) is 0 Å². The summed E-state index contributed by atoms with van der Waals surface area (Å²) < 4.78 is 5.93. The molecule has 1 aromatic rings. The van der Waals surface area contributed by atoms with Crippen LogP contribution >= 0.6 is 0 Å². The maximum Gasteiger partial charge on any atom is 0.123 e. The van der Waals surface area contributed by atoms with E-state index in [0.717, 1.165) is 18.6 Å². The Morgan fingerprint density at radius 1 is 1.44 bits per heavy atom. The Hall–Kier alpha value is -1.02. The Morgan fingerprint density at radius 3 is 2.88 bits per heavy atom. The van der Waals surface area contributed by atoms with Gasteiger partial charge in [0.1, 0.15) is 11.9 Å². The zero-order valence-corrected chi connectivity index (χ0v) is 10.4. The predicted molar refractivity (Wildman–Crippen MR) is 66.7 cm³/mol. The van der Waals surface area contributed by atoms with Crippen LogP contribution in [0.4, 0.5) is 0 Å². The van der Waals surface area contributed by atoms with Crippen molar-refractivity contribution < 1.29 is 4.74 Å². The average molecular weight is 219 g/mol. The van der Waals surface area contributed by atoms with Crippen LogP contribution in [-0.4, -0.2) is 12.1 Å². The average Bonchev–Trinajstić information content (AvgIpc) is 2.58. The van der Waals surface area contributed by atoms with Gasteiger partial charge >= 0.3 is 0 Å². The zero-order chi connectivity index (χ0) is 11.7. The van der Waals surface area contributed by atoms with E-state index in [9.17, 15) is 0 Å². The van der Waals surface area contributed by atoms with Gasteiger partial charge in [0.25, 0.3) is 0 Å². The first-order valence-electron chi connectivity index (χ1n) is 6.08. The van der Waals surface area contributed by atoms with Gasteiger partial charge in [-0.05, 0) is 37.8 Å². The molecular weight excluding hydrogens is 198 g/mol. The second kappa shape index (κ2) is 4.46. The summed E-state index contributed by atoms with van der Waals surface area (Å²) in [5.41, 5.74) is 8.55. The van der Waals surface area contributed by atoms with Gasteiger partial charge < -0.3 is 10.5 Å². The van der Waals surface area contributed by atoms with Crippen molar-refractivity contribution in [2.24, 2.45) is 11.7 Å². The van der Waals surface area contributed by atoms with Crippen molar-refractivity contribution >= 4 is 0 Å². The second-order valence-corrected chi connectivity index (χ2v) is 5.13. The van der Waals surface area contributed by atoms with Gasteiger partial charge in [0.2, 0.25) is 0 Å². The minimum absolute atomic E-state index is 0.244. The number of rotatable bonds is 3. The van der Waals surface area contributed by atoms with Crippen molar-refractivity contribution in [3.63, 3.8) is 0 Å². The summed E-state index contributed by atoms with van der Waals surface area (Å²) in [6.07, 6.45) is 2.40. The minimum atomic E-state index is 0.244. The number of nitrogens with two attached hydrogens (primary N) is 1. The zero-order valence-electron chi connectivity index (χ0n) is 10.4. The molecule has 0 fully saturated rings. The fourth-order valence-electron chi connectivity index (χ4n) is 2.21. The highest BCUT2D eigenvalue weighted by atomic mass is 16.5. The highest BCUT2D eigenvalue weighted by molar-refractivity contribution is 5.40. The van der Waals surface area contributed by atoms with Crippen LogP contribution in [0.1, 0.15) is 31.4 Å². The number of fused-ring (bicyclic) bond motifs is 1. The molecule has 1 aliphatic rings. The number of ether oxygens (including phenoxy) is 1. The van der Waals surface area contributed by atoms with Crippen LogP contribution in [0.25, 0.3) is 0 Å². The van der Waals surface area contributed by atoms with Crippen LogP contribution in [0, 0.1) is 12.8 Å². The van der Waals surface area contributed by atoms with E-state index in [1.807, 2.05) is 0 Å². The molecule has 0 saturated carbocycles. The molecule has 0 saturated heterocycles. The topological polar surface area (TPSA) is 35.2 Å². The highest BCUT2D eigenvalue weighted by Gasteiger charge is 2.25. The van der Waals surface area contributed by atoms with Crippen LogP contribution in [0.2, 0.25) is 0 Å². The largest absolute Gasteiger partial charge is 0.490 e. The highest BCUT2D eigenvalue weighted by Crippen LogP contribution is 2.32. The Balaban J connectivity index is 2.00. The third-order valence-electron chi connectivity index (χ3n) is 3.49. The van der Waals surface area contributed by atoms with Crippen LogP contribution in [0.3, 0.4) is 0 Å². The fraction of sp³-hybridized carbons (Fsp3) is 0.571. The molecule has 0 bridgehead atoms. The smallest absolute Gasteiger partial charge is 0.123 e. The number of aryl methyl sites for hydroxylation is 1. The molecule has 3 unspecified atom stereocenters. The SMILES string of the molecule is Cc1ccc2c(c1)CC(CC(C)C(C)N)O2. The van der Waals surface area contributed by atoms with E-state index < -0.39 is 0 Å². The van der Waals surface area contributed by atoms with Gasteiger partial charge in [0.05, 0.1) is 0 Å². The first-order chi connectivity index (χ1) is 7.56. The summed E-state index contributed by atoms with van der Waals surface area (Å²) in [6.45, 7) is 6.39. The Labute approximate surface area is 97.8 Å². The van der Waals surface area contributed by atoms with Gasteiger partial charge in [-0.1, -0.05) is 24.6 Å². The lowest BCUT2D eigenvalue weighted by Gasteiger charge is -2.19. The maximum absolute atomic E-state index is 5.93. The van der Waals surface area contributed by atoms with E-state index in [-0.39, 0.29) is 6.04 Å². The molecule has 0 radical (unpaired) electrons. The van der Waals surface area contributed by atoms with E-state index in [4.69, 9.17) is 10.5 Å². The molecule has 1 heterocycles. The molecule has 16 heavy (non-hydrogen) atoms. The predicted octanol–water partition coefficient (Wildman–Crippen LogP) is 2.67. The lowest BCUT2D eigenvalue weighted by atomic mass is 9.95. The molecule has 3 atom stereocenters. The standard InChI is InChI=1S/C14H21NO/c1-9-4-5-14-12(6-9)8-13(16-14)7-10(2)11(3)15/h4-6,10-11,13H,7-8,15H2,1-3H3. The Kier molecular flexibility index (Phi) is 3.20. The summed E-state index contributed by atoms with van der Waals surface area (Å²) >= 11 is 0. The van der Waals surface area contributed by atoms with E-state index in [1.165, 1.54) is 11.1 Å². The molecule has 88 valence electrons. The van der Waals surface area contributed by atoms with Crippen molar-refractivity contribution in [3.8, 4) is 5.75 Å². The van der Waals surface area contributed by atoms with Gasteiger partial charge in [-0.2, -0.15) is 0 Å². The maximum atomic E-state index is 5.93. The Morgan fingerprint density at radius 2 is 2.19 bits per heavy atom. The molecule has 0 aliphatic carbocycles. The fourth-order valence-corrected chi connectivity index (χ4v) is 2.21. The van der Waals surface area contributed by atoms with E-state index in [1.54, 1.807) is 0 Å². The van der Waals surface area contributed by atoms with Crippen molar-refractivity contribution in [1.82, 2.24) is 0 Å². The Bertz CT molecular complexity index is 373. The first-order valence-corrected chi connectivity index (χ1v) is 6.08. The van der Waals surface area contributed by atoms with E-state index >= 15 is 0 Å². The van der Waals surface area contributed by atoms with Gasteiger partial charge in [-0.25, -0.2) is 0 Å². The molecule has 2 N–H and O–H groups in total. The summed E-state index contributed by atoms with van der Waals surface area (Å²) in [5, 5.41) is 0. The molecule has 0 spiro atoms. The molecule has 2 nitrogen and oxygen atoms in total. The summed E-state index contributed by atoms with van der Waals surface area (Å²) in [6, 6.07) is 6.66. The van der Waals surface area contributed by atoms with Crippen molar-refractivity contribution in [2.75, 3.05) is 0 Å². The molecular formula is C14H21NO. The van der Waals surface area contributed by atoms with E-state index in [2.05, 4.69) is 39.0 Å². The van der Waals surface area contributed by atoms with Crippen molar-refractivity contribution in [2.45, 2.75) is 45.8 Å². The van der Waals surface area contributed by atoms with Crippen LogP contribution in [-0.2, 0) is 6.42 Å².